The molecule has 98 valence electrons. The zero-order valence-electron chi connectivity index (χ0n) is 11.0. The SMILES string of the molecule is CC(C)c1ccc(-c2ccc(C=CC(=O)O)s2)cc1. The summed E-state index contributed by atoms with van der Waals surface area (Å²) in [6, 6.07) is 12.5. The maximum Gasteiger partial charge on any atom is 0.328 e. The van der Waals surface area contributed by atoms with E-state index in [1.165, 1.54) is 11.1 Å². The molecule has 1 aromatic carbocycles. The molecule has 0 aliphatic rings. The van der Waals surface area contributed by atoms with Crippen LogP contribution in [0.4, 0.5) is 0 Å². The summed E-state index contributed by atoms with van der Waals surface area (Å²) in [7, 11) is 0. The summed E-state index contributed by atoms with van der Waals surface area (Å²) in [5.74, 6) is -0.386. The van der Waals surface area contributed by atoms with Crippen LogP contribution in [0.5, 0.6) is 0 Å². The van der Waals surface area contributed by atoms with E-state index in [4.69, 9.17) is 5.11 Å². The average Bonchev–Trinajstić information content (AvgIpc) is 2.85. The number of hydrogen-bond donors (Lipinski definition) is 1. The lowest BCUT2D eigenvalue weighted by molar-refractivity contribution is -0.131. The third-order valence-corrected chi connectivity index (χ3v) is 3.98. The first-order chi connectivity index (χ1) is 9.06. The molecule has 1 N–H and O–H groups in total. The molecule has 0 bridgehead atoms. The van der Waals surface area contributed by atoms with Gasteiger partial charge in [0, 0.05) is 15.8 Å². The minimum Gasteiger partial charge on any atom is -0.478 e. The molecule has 0 saturated carbocycles. The summed E-state index contributed by atoms with van der Waals surface area (Å²) in [6.07, 6.45) is 2.79. The van der Waals surface area contributed by atoms with Gasteiger partial charge in [-0.1, -0.05) is 38.1 Å². The molecule has 3 heteroatoms. The molecule has 0 unspecified atom stereocenters. The van der Waals surface area contributed by atoms with Crippen LogP contribution in [0.3, 0.4) is 0 Å². The normalized spacial score (nSPS) is 11.3. The van der Waals surface area contributed by atoms with Crippen molar-refractivity contribution >= 4 is 23.4 Å². The minimum atomic E-state index is -0.920. The topological polar surface area (TPSA) is 37.3 Å². The van der Waals surface area contributed by atoms with Gasteiger partial charge in [-0.3, -0.25) is 0 Å². The van der Waals surface area contributed by atoms with Gasteiger partial charge in [-0.05, 0) is 35.3 Å². The van der Waals surface area contributed by atoms with E-state index in [0.29, 0.717) is 5.92 Å². The van der Waals surface area contributed by atoms with Gasteiger partial charge in [0.05, 0.1) is 0 Å². The zero-order chi connectivity index (χ0) is 13.8. The Balaban J connectivity index is 2.20. The first-order valence-electron chi connectivity index (χ1n) is 6.17. The van der Waals surface area contributed by atoms with Gasteiger partial charge < -0.3 is 5.11 Å². The molecule has 0 saturated heterocycles. The lowest BCUT2D eigenvalue weighted by atomic mass is 10.0. The molecule has 19 heavy (non-hydrogen) atoms. The standard InChI is InChI=1S/C16H16O2S/c1-11(2)12-3-5-13(6-4-12)15-9-7-14(19-15)8-10-16(17)18/h3-11H,1-2H3,(H,17,18). The van der Waals surface area contributed by atoms with Crippen molar-refractivity contribution in [3.05, 3.63) is 52.9 Å². The van der Waals surface area contributed by atoms with E-state index in [1.54, 1.807) is 17.4 Å². The van der Waals surface area contributed by atoms with Crippen molar-refractivity contribution < 1.29 is 9.90 Å². The lowest BCUT2D eigenvalue weighted by Crippen LogP contribution is -1.85. The van der Waals surface area contributed by atoms with Crippen LogP contribution in [-0.4, -0.2) is 11.1 Å². The van der Waals surface area contributed by atoms with Crippen molar-refractivity contribution in [1.29, 1.82) is 0 Å². The Morgan fingerprint density at radius 1 is 1.16 bits per heavy atom. The molecule has 0 amide bonds. The molecular formula is C16H16O2S. The highest BCUT2D eigenvalue weighted by Crippen LogP contribution is 2.29. The first-order valence-corrected chi connectivity index (χ1v) is 6.99. The summed E-state index contributed by atoms with van der Waals surface area (Å²) in [5, 5.41) is 8.60. The summed E-state index contributed by atoms with van der Waals surface area (Å²) >= 11 is 1.59. The van der Waals surface area contributed by atoms with Crippen molar-refractivity contribution in [1.82, 2.24) is 0 Å². The van der Waals surface area contributed by atoms with Gasteiger partial charge in [0.25, 0.3) is 0 Å². The maximum atomic E-state index is 10.5. The van der Waals surface area contributed by atoms with Crippen molar-refractivity contribution in [3.8, 4) is 10.4 Å². The summed E-state index contributed by atoms with van der Waals surface area (Å²) < 4.78 is 0. The van der Waals surface area contributed by atoms with E-state index < -0.39 is 5.97 Å². The molecule has 0 aliphatic heterocycles. The van der Waals surface area contributed by atoms with Crippen LogP contribution in [0.25, 0.3) is 16.5 Å². The molecule has 0 aliphatic carbocycles. The van der Waals surface area contributed by atoms with Crippen molar-refractivity contribution in [3.63, 3.8) is 0 Å². The highest BCUT2D eigenvalue weighted by atomic mass is 32.1. The second kappa shape index (κ2) is 5.85. The minimum absolute atomic E-state index is 0.534. The molecule has 1 aromatic heterocycles. The Kier molecular flexibility index (Phi) is 4.17. The van der Waals surface area contributed by atoms with Gasteiger partial charge in [-0.2, -0.15) is 0 Å². The number of thiophene rings is 1. The van der Waals surface area contributed by atoms with Gasteiger partial charge in [0.15, 0.2) is 0 Å². The third kappa shape index (κ3) is 3.55. The Labute approximate surface area is 117 Å². The molecule has 0 radical (unpaired) electrons. The van der Waals surface area contributed by atoms with Crippen molar-refractivity contribution in [2.75, 3.05) is 0 Å². The van der Waals surface area contributed by atoms with Crippen LogP contribution >= 0.6 is 11.3 Å². The van der Waals surface area contributed by atoms with E-state index in [0.717, 1.165) is 15.8 Å². The second-order valence-corrected chi connectivity index (χ2v) is 5.77. The lowest BCUT2D eigenvalue weighted by Gasteiger charge is -2.05. The Bertz CT molecular complexity index is 591. The highest BCUT2D eigenvalue weighted by Gasteiger charge is 2.03. The Morgan fingerprint density at radius 3 is 2.42 bits per heavy atom. The molecular weight excluding hydrogens is 256 g/mol. The molecule has 0 atom stereocenters. The zero-order valence-corrected chi connectivity index (χ0v) is 11.8. The van der Waals surface area contributed by atoms with Crippen molar-refractivity contribution in [2.45, 2.75) is 19.8 Å². The molecule has 2 aromatic rings. The fraction of sp³-hybridized carbons (Fsp3) is 0.188. The average molecular weight is 272 g/mol. The fourth-order valence-corrected chi connectivity index (χ4v) is 2.70. The van der Waals surface area contributed by atoms with Crippen LogP contribution in [0.1, 0.15) is 30.2 Å². The monoisotopic (exact) mass is 272 g/mol. The number of carbonyl (C=O) groups is 1. The summed E-state index contributed by atoms with van der Waals surface area (Å²) in [5.41, 5.74) is 2.50. The predicted octanol–water partition coefficient (Wildman–Crippen LogP) is 4.64. The van der Waals surface area contributed by atoms with E-state index in [-0.39, 0.29) is 0 Å². The summed E-state index contributed by atoms with van der Waals surface area (Å²) in [4.78, 5) is 12.6. The van der Waals surface area contributed by atoms with Gasteiger partial charge in [0.1, 0.15) is 0 Å². The third-order valence-electron chi connectivity index (χ3n) is 2.88. The first kappa shape index (κ1) is 13.6. The largest absolute Gasteiger partial charge is 0.478 e. The van der Waals surface area contributed by atoms with E-state index in [1.807, 2.05) is 12.1 Å². The molecule has 2 rings (SSSR count). The molecule has 1 heterocycles. The number of carboxylic acids is 1. The smallest absolute Gasteiger partial charge is 0.328 e. The number of benzene rings is 1. The number of carboxylic acid groups (broad SMARTS) is 1. The molecule has 0 spiro atoms. The van der Waals surface area contributed by atoms with Crippen LogP contribution in [0.15, 0.2) is 42.5 Å². The van der Waals surface area contributed by atoms with Crippen molar-refractivity contribution in [2.24, 2.45) is 0 Å². The van der Waals surface area contributed by atoms with Crippen LogP contribution in [-0.2, 0) is 4.79 Å². The van der Waals surface area contributed by atoms with E-state index in [2.05, 4.69) is 38.1 Å². The Morgan fingerprint density at radius 2 is 1.84 bits per heavy atom. The van der Waals surface area contributed by atoms with E-state index >= 15 is 0 Å². The fourth-order valence-electron chi connectivity index (χ4n) is 1.78. The number of hydrogen-bond acceptors (Lipinski definition) is 2. The van der Waals surface area contributed by atoms with Crippen LogP contribution in [0, 0.1) is 0 Å². The number of rotatable bonds is 4. The summed E-state index contributed by atoms with van der Waals surface area (Å²) in [6.45, 7) is 4.35. The van der Waals surface area contributed by atoms with Crippen LogP contribution in [0.2, 0.25) is 0 Å². The number of aliphatic carboxylic acids is 1. The van der Waals surface area contributed by atoms with E-state index in [9.17, 15) is 4.79 Å². The molecule has 0 fully saturated rings. The second-order valence-electron chi connectivity index (χ2n) is 4.65. The quantitative estimate of drug-likeness (QED) is 0.823. The highest BCUT2D eigenvalue weighted by molar-refractivity contribution is 7.16. The van der Waals surface area contributed by atoms with Gasteiger partial charge in [-0.15, -0.1) is 11.3 Å². The van der Waals surface area contributed by atoms with Gasteiger partial charge >= 0.3 is 5.97 Å². The van der Waals surface area contributed by atoms with Gasteiger partial charge in [-0.25, -0.2) is 4.79 Å². The molecule has 2 nitrogen and oxygen atoms in total. The predicted molar refractivity (Wildman–Crippen MR) is 80.5 cm³/mol. The Hall–Kier alpha value is -1.87. The van der Waals surface area contributed by atoms with Gasteiger partial charge in [0.2, 0.25) is 0 Å². The maximum absolute atomic E-state index is 10.5. The van der Waals surface area contributed by atoms with Crippen LogP contribution < -0.4 is 0 Å².